The van der Waals surface area contributed by atoms with Crippen molar-refractivity contribution in [1.82, 2.24) is 5.32 Å². The molecule has 2 aromatic rings. The Bertz CT molecular complexity index is 483. The maximum Gasteiger partial charge on any atom is 0.0657 e. The van der Waals surface area contributed by atoms with E-state index in [1.165, 1.54) is 11.1 Å². The van der Waals surface area contributed by atoms with E-state index in [2.05, 4.69) is 66.8 Å². The minimum Gasteiger partial charge on any atom is -0.383 e. The topological polar surface area (TPSA) is 21.3 Å². The van der Waals surface area contributed by atoms with Gasteiger partial charge < -0.3 is 10.1 Å². The van der Waals surface area contributed by atoms with E-state index in [0.29, 0.717) is 12.6 Å². The highest BCUT2D eigenvalue weighted by Gasteiger charge is 2.14. The zero-order valence-corrected chi connectivity index (χ0v) is 12.3. The van der Waals surface area contributed by atoms with Crippen LogP contribution in [0.3, 0.4) is 0 Å². The summed E-state index contributed by atoms with van der Waals surface area (Å²) in [6.45, 7) is 2.90. The normalized spacial score (nSPS) is 13.9. The van der Waals surface area contributed by atoms with Crippen LogP contribution in [0, 0.1) is 0 Å². The van der Waals surface area contributed by atoms with Gasteiger partial charge in [0.2, 0.25) is 0 Å². The smallest absolute Gasteiger partial charge is 0.0657 e. The van der Waals surface area contributed by atoms with Gasteiger partial charge in [0.15, 0.2) is 0 Å². The minimum atomic E-state index is 0.236. The standard InChI is InChI=1S/C18H23NO/c1-15(13-16-9-5-3-6-10-16)19-18(14-20-2)17-11-7-4-8-12-17/h3-12,15,18-19H,13-14H2,1-2H3. The summed E-state index contributed by atoms with van der Waals surface area (Å²) < 4.78 is 5.35. The lowest BCUT2D eigenvalue weighted by Crippen LogP contribution is -2.34. The molecule has 0 aliphatic carbocycles. The third-order valence-electron chi connectivity index (χ3n) is 3.41. The molecule has 20 heavy (non-hydrogen) atoms. The van der Waals surface area contributed by atoms with Gasteiger partial charge in [-0.05, 0) is 24.5 Å². The fourth-order valence-corrected chi connectivity index (χ4v) is 2.46. The van der Waals surface area contributed by atoms with Crippen LogP contribution < -0.4 is 5.32 Å². The van der Waals surface area contributed by atoms with E-state index in [1.807, 2.05) is 6.07 Å². The molecule has 0 saturated carbocycles. The maximum absolute atomic E-state index is 5.35. The molecule has 2 nitrogen and oxygen atoms in total. The number of benzene rings is 2. The Labute approximate surface area is 121 Å². The fraction of sp³-hybridized carbons (Fsp3) is 0.333. The molecule has 1 N–H and O–H groups in total. The van der Waals surface area contributed by atoms with Gasteiger partial charge in [0, 0.05) is 13.2 Å². The van der Waals surface area contributed by atoms with Crippen molar-refractivity contribution in [3.63, 3.8) is 0 Å². The first-order valence-electron chi connectivity index (χ1n) is 7.13. The van der Waals surface area contributed by atoms with E-state index < -0.39 is 0 Å². The molecule has 0 amide bonds. The quantitative estimate of drug-likeness (QED) is 0.829. The lowest BCUT2D eigenvalue weighted by molar-refractivity contribution is 0.162. The summed E-state index contributed by atoms with van der Waals surface area (Å²) >= 11 is 0. The molecule has 2 unspecified atom stereocenters. The van der Waals surface area contributed by atoms with Crippen LogP contribution in [0.5, 0.6) is 0 Å². The zero-order valence-electron chi connectivity index (χ0n) is 12.3. The van der Waals surface area contributed by atoms with Crippen LogP contribution in [0.2, 0.25) is 0 Å². The molecule has 0 bridgehead atoms. The van der Waals surface area contributed by atoms with Crippen molar-refractivity contribution >= 4 is 0 Å². The first-order valence-corrected chi connectivity index (χ1v) is 7.13. The Morgan fingerprint density at radius 3 is 2.15 bits per heavy atom. The summed E-state index contributed by atoms with van der Waals surface area (Å²) in [5, 5.41) is 3.66. The van der Waals surface area contributed by atoms with Crippen molar-refractivity contribution in [3.8, 4) is 0 Å². The lowest BCUT2D eigenvalue weighted by atomic mass is 10.0. The van der Waals surface area contributed by atoms with Gasteiger partial charge in [-0.25, -0.2) is 0 Å². The van der Waals surface area contributed by atoms with E-state index in [-0.39, 0.29) is 6.04 Å². The fourth-order valence-electron chi connectivity index (χ4n) is 2.46. The third-order valence-corrected chi connectivity index (χ3v) is 3.41. The second-order valence-corrected chi connectivity index (χ2v) is 5.18. The molecule has 2 heteroatoms. The molecule has 0 radical (unpaired) electrons. The van der Waals surface area contributed by atoms with Crippen LogP contribution in [0.4, 0.5) is 0 Å². The first kappa shape index (κ1) is 14.8. The SMILES string of the molecule is COCC(NC(C)Cc1ccccc1)c1ccccc1. The number of nitrogens with one attached hydrogen (secondary N) is 1. The molecule has 0 fully saturated rings. The van der Waals surface area contributed by atoms with Crippen LogP contribution in [0.25, 0.3) is 0 Å². The van der Waals surface area contributed by atoms with Crippen LogP contribution in [-0.2, 0) is 11.2 Å². The van der Waals surface area contributed by atoms with Gasteiger partial charge in [-0.2, -0.15) is 0 Å². The molecule has 106 valence electrons. The summed E-state index contributed by atoms with van der Waals surface area (Å²) in [7, 11) is 1.75. The van der Waals surface area contributed by atoms with E-state index in [0.717, 1.165) is 6.42 Å². The summed E-state index contributed by atoms with van der Waals surface area (Å²) in [6.07, 6.45) is 1.02. The highest BCUT2D eigenvalue weighted by Crippen LogP contribution is 2.15. The van der Waals surface area contributed by atoms with Gasteiger partial charge in [0.05, 0.1) is 12.6 Å². The van der Waals surface area contributed by atoms with Crippen molar-refractivity contribution in [3.05, 3.63) is 71.8 Å². The average Bonchev–Trinajstić information content (AvgIpc) is 2.49. The Morgan fingerprint density at radius 2 is 1.55 bits per heavy atom. The Hall–Kier alpha value is -1.64. The summed E-state index contributed by atoms with van der Waals surface area (Å²) in [5.41, 5.74) is 2.63. The second kappa shape index (κ2) is 7.83. The predicted octanol–water partition coefficient (Wildman–Crippen LogP) is 3.59. The molecule has 0 aliphatic heterocycles. The van der Waals surface area contributed by atoms with Crippen molar-refractivity contribution in [2.75, 3.05) is 13.7 Å². The number of rotatable bonds is 7. The first-order chi connectivity index (χ1) is 9.79. The molecule has 0 heterocycles. The Kier molecular flexibility index (Phi) is 5.78. The molecular weight excluding hydrogens is 246 g/mol. The van der Waals surface area contributed by atoms with Crippen molar-refractivity contribution in [2.24, 2.45) is 0 Å². The van der Waals surface area contributed by atoms with Gasteiger partial charge in [-0.3, -0.25) is 0 Å². The number of ether oxygens (including phenoxy) is 1. The highest BCUT2D eigenvalue weighted by molar-refractivity contribution is 5.20. The number of methoxy groups -OCH3 is 1. The third kappa shape index (κ3) is 4.48. The van der Waals surface area contributed by atoms with E-state index in [1.54, 1.807) is 7.11 Å². The number of hydrogen-bond acceptors (Lipinski definition) is 2. The predicted molar refractivity (Wildman–Crippen MR) is 83.8 cm³/mol. The van der Waals surface area contributed by atoms with Crippen molar-refractivity contribution in [2.45, 2.75) is 25.4 Å². The van der Waals surface area contributed by atoms with E-state index in [9.17, 15) is 0 Å². The monoisotopic (exact) mass is 269 g/mol. The molecule has 2 aromatic carbocycles. The van der Waals surface area contributed by atoms with Gasteiger partial charge in [0.25, 0.3) is 0 Å². The summed E-state index contributed by atoms with van der Waals surface area (Å²) in [4.78, 5) is 0. The lowest BCUT2D eigenvalue weighted by Gasteiger charge is -2.23. The summed E-state index contributed by atoms with van der Waals surface area (Å²) in [6, 6.07) is 21.7. The Morgan fingerprint density at radius 1 is 0.950 bits per heavy atom. The van der Waals surface area contributed by atoms with Crippen LogP contribution in [0.15, 0.2) is 60.7 Å². The Balaban J connectivity index is 1.97. The minimum absolute atomic E-state index is 0.236. The van der Waals surface area contributed by atoms with Gasteiger partial charge in [0.1, 0.15) is 0 Å². The molecule has 0 saturated heterocycles. The average molecular weight is 269 g/mol. The van der Waals surface area contributed by atoms with Crippen molar-refractivity contribution in [1.29, 1.82) is 0 Å². The van der Waals surface area contributed by atoms with Gasteiger partial charge in [-0.1, -0.05) is 60.7 Å². The van der Waals surface area contributed by atoms with E-state index in [4.69, 9.17) is 4.74 Å². The molecule has 0 spiro atoms. The molecular formula is C18H23NO. The summed E-state index contributed by atoms with van der Waals surface area (Å²) in [5.74, 6) is 0. The molecule has 0 aliphatic rings. The van der Waals surface area contributed by atoms with Crippen molar-refractivity contribution < 1.29 is 4.74 Å². The largest absolute Gasteiger partial charge is 0.383 e. The molecule has 0 aromatic heterocycles. The van der Waals surface area contributed by atoms with Crippen LogP contribution in [-0.4, -0.2) is 19.8 Å². The van der Waals surface area contributed by atoms with Gasteiger partial charge >= 0.3 is 0 Å². The molecule has 2 atom stereocenters. The van der Waals surface area contributed by atoms with E-state index >= 15 is 0 Å². The maximum atomic E-state index is 5.35. The van der Waals surface area contributed by atoms with Crippen LogP contribution >= 0.6 is 0 Å². The molecule has 2 rings (SSSR count). The van der Waals surface area contributed by atoms with Gasteiger partial charge in [-0.15, -0.1) is 0 Å². The zero-order chi connectivity index (χ0) is 14.2. The number of hydrogen-bond donors (Lipinski definition) is 1. The highest BCUT2D eigenvalue weighted by atomic mass is 16.5. The van der Waals surface area contributed by atoms with Crippen LogP contribution in [0.1, 0.15) is 24.1 Å². The second-order valence-electron chi connectivity index (χ2n) is 5.18.